The van der Waals surface area contributed by atoms with Crippen LogP contribution in [0.1, 0.15) is 18.5 Å². The van der Waals surface area contributed by atoms with Crippen molar-refractivity contribution in [2.45, 2.75) is 25.4 Å². The first-order valence-electron chi connectivity index (χ1n) is 5.71. The molecule has 2 heterocycles. The molecule has 2 rings (SSSR count). The third kappa shape index (κ3) is 2.72. The highest BCUT2D eigenvalue weighted by atomic mass is 32.1. The molecular weight excluding hydrogens is 222 g/mol. The molecule has 90 valence electrons. The molecule has 0 amide bonds. The zero-order chi connectivity index (χ0) is 11.4. The van der Waals surface area contributed by atoms with Gasteiger partial charge >= 0.3 is 0 Å². The Kier molecular flexibility index (Phi) is 4.15. The average molecular weight is 241 g/mol. The van der Waals surface area contributed by atoms with Gasteiger partial charge in [-0.3, -0.25) is 0 Å². The molecule has 0 saturated carbocycles. The van der Waals surface area contributed by atoms with Crippen LogP contribution >= 0.6 is 11.3 Å². The lowest BCUT2D eigenvalue weighted by Gasteiger charge is -2.30. The Labute approximate surface area is 101 Å². The summed E-state index contributed by atoms with van der Waals surface area (Å²) in [5.41, 5.74) is 1.13. The first-order chi connectivity index (χ1) is 7.81. The normalized spacial score (nSPS) is 17.6. The van der Waals surface area contributed by atoms with Crippen molar-refractivity contribution in [1.82, 2.24) is 10.3 Å². The summed E-state index contributed by atoms with van der Waals surface area (Å²) in [5, 5.41) is 6.37. The maximum atomic E-state index is 5.38. The molecule has 1 aromatic heterocycles. The van der Waals surface area contributed by atoms with E-state index >= 15 is 0 Å². The zero-order valence-corrected chi connectivity index (χ0v) is 10.7. The zero-order valence-electron chi connectivity index (χ0n) is 9.90. The quantitative estimate of drug-likeness (QED) is 0.866. The van der Waals surface area contributed by atoms with E-state index in [0.29, 0.717) is 6.04 Å². The Morgan fingerprint density at radius 3 is 3.00 bits per heavy atom. The van der Waals surface area contributed by atoms with Crippen LogP contribution < -0.4 is 10.2 Å². The van der Waals surface area contributed by atoms with Crippen LogP contribution in [-0.4, -0.2) is 38.3 Å². The van der Waals surface area contributed by atoms with E-state index in [1.807, 2.05) is 7.05 Å². The van der Waals surface area contributed by atoms with Crippen LogP contribution in [0.5, 0.6) is 0 Å². The van der Waals surface area contributed by atoms with Gasteiger partial charge in [-0.2, -0.15) is 0 Å². The minimum Gasteiger partial charge on any atom is -0.381 e. The Balaban J connectivity index is 1.98. The SMILES string of the molecule is CNCc1csc(N(C)C2CCOCC2)n1. The summed E-state index contributed by atoms with van der Waals surface area (Å²) in [6.45, 7) is 2.60. The van der Waals surface area contributed by atoms with Crippen LogP contribution in [0.25, 0.3) is 0 Å². The molecule has 0 spiro atoms. The fraction of sp³-hybridized carbons (Fsp3) is 0.727. The second-order valence-electron chi connectivity index (χ2n) is 4.11. The molecule has 0 atom stereocenters. The van der Waals surface area contributed by atoms with Crippen molar-refractivity contribution in [3.8, 4) is 0 Å². The van der Waals surface area contributed by atoms with Gasteiger partial charge in [0.05, 0.1) is 5.69 Å². The predicted molar refractivity (Wildman–Crippen MR) is 67.1 cm³/mol. The van der Waals surface area contributed by atoms with Crippen LogP contribution in [-0.2, 0) is 11.3 Å². The summed E-state index contributed by atoms with van der Waals surface area (Å²) >= 11 is 1.73. The molecule has 1 saturated heterocycles. The van der Waals surface area contributed by atoms with Crippen molar-refractivity contribution in [3.05, 3.63) is 11.1 Å². The standard InChI is InChI=1S/C11H19N3OS/c1-12-7-9-8-16-11(13-9)14(2)10-3-5-15-6-4-10/h8,10,12H,3-7H2,1-2H3. The lowest BCUT2D eigenvalue weighted by molar-refractivity contribution is 0.0855. The Hall–Kier alpha value is -0.650. The molecule has 1 aromatic rings. The van der Waals surface area contributed by atoms with E-state index in [1.165, 1.54) is 0 Å². The molecule has 1 N–H and O–H groups in total. The molecule has 0 radical (unpaired) electrons. The Morgan fingerprint density at radius 2 is 2.31 bits per heavy atom. The fourth-order valence-corrected chi connectivity index (χ4v) is 2.81. The summed E-state index contributed by atoms with van der Waals surface area (Å²) in [7, 11) is 4.08. The molecule has 0 aromatic carbocycles. The number of aromatic nitrogens is 1. The number of hydrogen-bond donors (Lipinski definition) is 1. The first-order valence-corrected chi connectivity index (χ1v) is 6.59. The van der Waals surface area contributed by atoms with Gasteiger partial charge in [-0.1, -0.05) is 0 Å². The molecule has 0 aliphatic carbocycles. The van der Waals surface area contributed by atoms with Gasteiger partial charge in [-0.05, 0) is 19.9 Å². The van der Waals surface area contributed by atoms with Crippen LogP contribution in [0.15, 0.2) is 5.38 Å². The van der Waals surface area contributed by atoms with E-state index in [1.54, 1.807) is 11.3 Å². The van der Waals surface area contributed by atoms with E-state index in [2.05, 4.69) is 27.6 Å². The topological polar surface area (TPSA) is 37.4 Å². The maximum absolute atomic E-state index is 5.38. The summed E-state index contributed by atoms with van der Waals surface area (Å²) < 4.78 is 5.38. The monoisotopic (exact) mass is 241 g/mol. The fourth-order valence-electron chi connectivity index (χ4n) is 1.95. The van der Waals surface area contributed by atoms with Gasteiger partial charge in [-0.25, -0.2) is 4.98 Å². The van der Waals surface area contributed by atoms with Gasteiger partial charge in [0.25, 0.3) is 0 Å². The number of anilines is 1. The van der Waals surface area contributed by atoms with E-state index in [0.717, 1.165) is 43.4 Å². The maximum Gasteiger partial charge on any atom is 0.185 e. The van der Waals surface area contributed by atoms with Crippen molar-refractivity contribution >= 4 is 16.5 Å². The van der Waals surface area contributed by atoms with E-state index in [4.69, 9.17) is 4.74 Å². The third-order valence-electron chi connectivity index (χ3n) is 2.94. The highest BCUT2D eigenvalue weighted by Gasteiger charge is 2.20. The van der Waals surface area contributed by atoms with Crippen molar-refractivity contribution in [2.24, 2.45) is 0 Å². The second kappa shape index (κ2) is 5.61. The molecule has 5 heteroatoms. The summed E-state index contributed by atoms with van der Waals surface area (Å²) in [6.07, 6.45) is 2.22. The van der Waals surface area contributed by atoms with Gasteiger partial charge in [0, 0.05) is 38.2 Å². The number of ether oxygens (including phenoxy) is 1. The molecule has 0 unspecified atom stereocenters. The minimum absolute atomic E-state index is 0.585. The van der Waals surface area contributed by atoms with Crippen molar-refractivity contribution in [2.75, 3.05) is 32.2 Å². The third-order valence-corrected chi connectivity index (χ3v) is 3.92. The van der Waals surface area contributed by atoms with Gasteiger partial charge in [0.15, 0.2) is 5.13 Å². The Morgan fingerprint density at radius 1 is 1.56 bits per heavy atom. The van der Waals surface area contributed by atoms with Crippen molar-refractivity contribution in [3.63, 3.8) is 0 Å². The predicted octanol–water partition coefficient (Wildman–Crippen LogP) is 1.48. The molecule has 0 bridgehead atoms. The smallest absolute Gasteiger partial charge is 0.185 e. The largest absolute Gasteiger partial charge is 0.381 e. The highest BCUT2D eigenvalue weighted by Crippen LogP contribution is 2.24. The number of nitrogens with zero attached hydrogens (tertiary/aromatic N) is 2. The minimum atomic E-state index is 0.585. The Bertz CT molecular complexity index is 323. The van der Waals surface area contributed by atoms with Crippen LogP contribution in [0, 0.1) is 0 Å². The van der Waals surface area contributed by atoms with Crippen LogP contribution in [0.4, 0.5) is 5.13 Å². The average Bonchev–Trinajstić information content (AvgIpc) is 2.78. The number of hydrogen-bond acceptors (Lipinski definition) is 5. The van der Waals surface area contributed by atoms with Crippen LogP contribution in [0.3, 0.4) is 0 Å². The highest BCUT2D eigenvalue weighted by molar-refractivity contribution is 7.13. The number of rotatable bonds is 4. The number of nitrogens with one attached hydrogen (secondary N) is 1. The van der Waals surface area contributed by atoms with Crippen LogP contribution in [0.2, 0.25) is 0 Å². The van der Waals surface area contributed by atoms with Gasteiger partial charge in [0.2, 0.25) is 0 Å². The van der Waals surface area contributed by atoms with Gasteiger partial charge in [-0.15, -0.1) is 11.3 Å². The van der Waals surface area contributed by atoms with E-state index in [-0.39, 0.29) is 0 Å². The summed E-state index contributed by atoms with van der Waals surface area (Å²) in [5.74, 6) is 0. The van der Waals surface area contributed by atoms with Crippen molar-refractivity contribution < 1.29 is 4.74 Å². The molecular formula is C11H19N3OS. The number of thiazole rings is 1. The molecule has 1 aliphatic rings. The molecule has 4 nitrogen and oxygen atoms in total. The summed E-state index contributed by atoms with van der Waals surface area (Å²) in [4.78, 5) is 6.91. The molecule has 16 heavy (non-hydrogen) atoms. The van der Waals surface area contributed by atoms with Gasteiger partial charge in [0.1, 0.15) is 0 Å². The molecule has 1 aliphatic heterocycles. The second-order valence-corrected chi connectivity index (χ2v) is 4.94. The van der Waals surface area contributed by atoms with E-state index in [9.17, 15) is 0 Å². The van der Waals surface area contributed by atoms with Gasteiger partial charge < -0.3 is 15.0 Å². The van der Waals surface area contributed by atoms with E-state index < -0.39 is 0 Å². The lowest BCUT2D eigenvalue weighted by Crippen LogP contribution is -2.36. The van der Waals surface area contributed by atoms with Crippen molar-refractivity contribution in [1.29, 1.82) is 0 Å². The molecule has 1 fully saturated rings. The summed E-state index contributed by atoms with van der Waals surface area (Å²) in [6, 6.07) is 0.585. The lowest BCUT2D eigenvalue weighted by atomic mass is 10.1. The first kappa shape index (κ1) is 11.8.